The average molecular weight is 412 g/mol. The summed E-state index contributed by atoms with van der Waals surface area (Å²) < 4.78 is 6.88. The van der Waals surface area contributed by atoms with Gasteiger partial charge in [0.05, 0.1) is 24.6 Å². The third kappa shape index (κ3) is 4.54. The number of benzene rings is 1. The number of aliphatic hydroxyl groups is 1. The summed E-state index contributed by atoms with van der Waals surface area (Å²) in [5.74, 6) is 0.0112. The van der Waals surface area contributed by atoms with E-state index in [1.807, 2.05) is 24.6 Å². The standard InChI is InChI=1S/C22H28N4O4/c1-13(2)26-21-17(11-24-26)9-18(14(3)25-21)22(29)23-10-16(12-27)7-15-5-6-20(30-4)19(28)8-15/h5-6,8-9,11,13,16,27-28H,7,10,12H2,1-4H3,(H,23,29)/t16-/m0/s1. The molecule has 30 heavy (non-hydrogen) atoms. The lowest BCUT2D eigenvalue weighted by molar-refractivity contribution is 0.0939. The first kappa shape index (κ1) is 21.6. The van der Waals surface area contributed by atoms with Gasteiger partial charge in [-0.25, -0.2) is 9.67 Å². The van der Waals surface area contributed by atoms with Crippen LogP contribution in [-0.4, -0.2) is 51.1 Å². The molecule has 0 aliphatic rings. The number of amides is 1. The van der Waals surface area contributed by atoms with Gasteiger partial charge in [-0.2, -0.15) is 5.10 Å². The van der Waals surface area contributed by atoms with Crippen LogP contribution in [0.25, 0.3) is 11.0 Å². The summed E-state index contributed by atoms with van der Waals surface area (Å²) in [4.78, 5) is 17.3. The molecule has 3 rings (SSSR count). The van der Waals surface area contributed by atoms with E-state index in [0.717, 1.165) is 16.6 Å². The fraction of sp³-hybridized carbons (Fsp3) is 0.409. The Labute approximate surface area is 175 Å². The number of hydrogen-bond acceptors (Lipinski definition) is 6. The Kier molecular flexibility index (Phi) is 6.56. The van der Waals surface area contributed by atoms with Crippen LogP contribution in [0.2, 0.25) is 0 Å². The Balaban J connectivity index is 1.69. The van der Waals surface area contributed by atoms with Gasteiger partial charge in [0.25, 0.3) is 5.91 Å². The molecule has 0 bridgehead atoms. The molecule has 2 aromatic heterocycles. The van der Waals surface area contributed by atoms with E-state index in [0.29, 0.717) is 30.0 Å². The number of carbonyl (C=O) groups is 1. The van der Waals surface area contributed by atoms with Crippen LogP contribution in [0.4, 0.5) is 0 Å². The predicted molar refractivity (Wildman–Crippen MR) is 114 cm³/mol. The van der Waals surface area contributed by atoms with E-state index in [9.17, 15) is 15.0 Å². The molecule has 1 atom stereocenters. The van der Waals surface area contributed by atoms with E-state index >= 15 is 0 Å². The van der Waals surface area contributed by atoms with Crippen LogP contribution in [0, 0.1) is 12.8 Å². The molecule has 8 nitrogen and oxygen atoms in total. The zero-order valence-electron chi connectivity index (χ0n) is 17.7. The maximum atomic E-state index is 12.7. The largest absolute Gasteiger partial charge is 0.504 e. The molecule has 0 aliphatic heterocycles. The Bertz CT molecular complexity index is 1050. The summed E-state index contributed by atoms with van der Waals surface area (Å²) in [6, 6.07) is 7.10. The van der Waals surface area contributed by atoms with Gasteiger partial charge in [-0.05, 0) is 51.0 Å². The number of nitrogens with zero attached hydrogens (tertiary/aromatic N) is 3. The van der Waals surface area contributed by atoms with Gasteiger partial charge in [-0.1, -0.05) is 6.07 Å². The van der Waals surface area contributed by atoms with Gasteiger partial charge in [-0.15, -0.1) is 0 Å². The van der Waals surface area contributed by atoms with Crippen molar-refractivity contribution in [3.63, 3.8) is 0 Å². The molecule has 0 fully saturated rings. The third-order valence-corrected chi connectivity index (χ3v) is 5.07. The lowest BCUT2D eigenvalue weighted by Crippen LogP contribution is -2.32. The van der Waals surface area contributed by atoms with E-state index in [4.69, 9.17) is 4.74 Å². The van der Waals surface area contributed by atoms with Crippen LogP contribution in [0.1, 0.15) is 41.5 Å². The van der Waals surface area contributed by atoms with Crippen molar-refractivity contribution in [2.24, 2.45) is 5.92 Å². The second-order valence-electron chi connectivity index (χ2n) is 7.69. The summed E-state index contributed by atoms with van der Waals surface area (Å²) in [5.41, 5.74) is 2.72. The number of methoxy groups -OCH3 is 1. The summed E-state index contributed by atoms with van der Waals surface area (Å²) in [6.07, 6.45) is 2.22. The number of fused-ring (bicyclic) bond motifs is 1. The fourth-order valence-corrected chi connectivity index (χ4v) is 3.40. The molecule has 0 radical (unpaired) electrons. The molecule has 8 heteroatoms. The Morgan fingerprint density at radius 3 is 2.70 bits per heavy atom. The van der Waals surface area contributed by atoms with Crippen molar-refractivity contribution in [1.82, 2.24) is 20.1 Å². The average Bonchev–Trinajstić information content (AvgIpc) is 3.13. The van der Waals surface area contributed by atoms with Crippen molar-refractivity contribution in [3.8, 4) is 11.5 Å². The molecule has 3 N–H and O–H groups in total. The van der Waals surface area contributed by atoms with Crippen molar-refractivity contribution in [2.75, 3.05) is 20.3 Å². The minimum Gasteiger partial charge on any atom is -0.504 e. The van der Waals surface area contributed by atoms with E-state index in [-0.39, 0.29) is 30.2 Å². The van der Waals surface area contributed by atoms with E-state index < -0.39 is 0 Å². The number of carbonyl (C=O) groups excluding carboxylic acids is 1. The minimum atomic E-state index is -0.241. The molecule has 0 spiro atoms. The maximum Gasteiger partial charge on any atom is 0.253 e. The Morgan fingerprint density at radius 2 is 2.07 bits per heavy atom. The number of phenols is 1. The second-order valence-corrected chi connectivity index (χ2v) is 7.69. The second kappa shape index (κ2) is 9.13. The van der Waals surface area contributed by atoms with Crippen molar-refractivity contribution in [1.29, 1.82) is 0 Å². The van der Waals surface area contributed by atoms with Crippen LogP contribution in [0.3, 0.4) is 0 Å². The monoisotopic (exact) mass is 412 g/mol. The highest BCUT2D eigenvalue weighted by Crippen LogP contribution is 2.27. The third-order valence-electron chi connectivity index (χ3n) is 5.07. The van der Waals surface area contributed by atoms with Crippen molar-refractivity contribution in [3.05, 3.63) is 47.3 Å². The smallest absolute Gasteiger partial charge is 0.253 e. The topological polar surface area (TPSA) is 110 Å². The van der Waals surface area contributed by atoms with Gasteiger partial charge in [0.15, 0.2) is 17.1 Å². The fourth-order valence-electron chi connectivity index (χ4n) is 3.40. The van der Waals surface area contributed by atoms with Gasteiger partial charge in [0.2, 0.25) is 0 Å². The van der Waals surface area contributed by atoms with Crippen LogP contribution in [-0.2, 0) is 6.42 Å². The number of pyridine rings is 1. The normalized spacial score (nSPS) is 12.3. The maximum absolute atomic E-state index is 12.7. The lowest BCUT2D eigenvalue weighted by Gasteiger charge is -2.16. The number of aryl methyl sites for hydroxylation is 1. The molecule has 0 saturated heterocycles. The molecule has 0 saturated carbocycles. The number of aromatic hydroxyl groups is 1. The molecule has 3 aromatic rings. The quantitative estimate of drug-likeness (QED) is 0.525. The van der Waals surface area contributed by atoms with E-state index in [1.54, 1.807) is 31.3 Å². The first-order valence-corrected chi connectivity index (χ1v) is 9.93. The molecular formula is C22H28N4O4. The molecule has 0 aliphatic carbocycles. The number of phenolic OH excluding ortho intramolecular Hbond substituents is 1. The van der Waals surface area contributed by atoms with Gasteiger partial charge in [-0.3, -0.25) is 4.79 Å². The van der Waals surface area contributed by atoms with Crippen molar-refractivity contribution >= 4 is 16.9 Å². The SMILES string of the molecule is COc1ccc(C[C@H](CO)CNC(=O)c2cc3cnn(C(C)C)c3nc2C)cc1O. The summed E-state index contributed by atoms with van der Waals surface area (Å²) >= 11 is 0. The van der Waals surface area contributed by atoms with Gasteiger partial charge in [0.1, 0.15) is 0 Å². The zero-order valence-corrected chi connectivity index (χ0v) is 17.7. The van der Waals surface area contributed by atoms with Crippen molar-refractivity contribution in [2.45, 2.75) is 33.2 Å². The van der Waals surface area contributed by atoms with Crippen LogP contribution < -0.4 is 10.1 Å². The summed E-state index contributed by atoms with van der Waals surface area (Å²) in [6.45, 7) is 6.06. The molecule has 2 heterocycles. The summed E-state index contributed by atoms with van der Waals surface area (Å²) in [5, 5.41) is 27.7. The first-order valence-electron chi connectivity index (χ1n) is 9.93. The number of rotatable bonds is 8. The molecular weight excluding hydrogens is 384 g/mol. The molecule has 160 valence electrons. The molecule has 1 amide bonds. The van der Waals surface area contributed by atoms with Crippen molar-refractivity contribution < 1.29 is 19.7 Å². The zero-order chi connectivity index (χ0) is 21.8. The lowest BCUT2D eigenvalue weighted by atomic mass is 9.99. The van der Waals surface area contributed by atoms with Gasteiger partial charge < -0.3 is 20.3 Å². The predicted octanol–water partition coefficient (Wildman–Crippen LogP) is 2.62. The number of aromatic nitrogens is 3. The number of nitrogens with one attached hydrogen (secondary N) is 1. The number of aliphatic hydroxyl groups excluding tert-OH is 1. The van der Waals surface area contributed by atoms with Crippen LogP contribution in [0.5, 0.6) is 11.5 Å². The Morgan fingerprint density at radius 1 is 1.30 bits per heavy atom. The van der Waals surface area contributed by atoms with E-state index in [1.165, 1.54) is 7.11 Å². The highest BCUT2D eigenvalue weighted by Gasteiger charge is 2.17. The summed E-state index contributed by atoms with van der Waals surface area (Å²) in [7, 11) is 1.49. The van der Waals surface area contributed by atoms with E-state index in [2.05, 4.69) is 15.4 Å². The van der Waals surface area contributed by atoms with Crippen LogP contribution in [0.15, 0.2) is 30.5 Å². The Hall–Kier alpha value is -3.13. The minimum absolute atomic E-state index is 0.0488. The highest BCUT2D eigenvalue weighted by atomic mass is 16.5. The highest BCUT2D eigenvalue weighted by molar-refractivity contribution is 5.98. The van der Waals surface area contributed by atoms with Gasteiger partial charge >= 0.3 is 0 Å². The number of ether oxygens (including phenoxy) is 1. The first-order chi connectivity index (χ1) is 14.3. The molecule has 0 unspecified atom stereocenters. The molecule has 1 aromatic carbocycles. The van der Waals surface area contributed by atoms with Crippen LogP contribution >= 0.6 is 0 Å². The number of hydrogen-bond donors (Lipinski definition) is 3. The van der Waals surface area contributed by atoms with Gasteiger partial charge in [0, 0.05) is 30.5 Å².